The molecule has 0 fully saturated rings. The molecule has 0 saturated heterocycles. The van der Waals surface area contributed by atoms with Crippen LogP contribution in [0.15, 0.2) is 77.6 Å². The summed E-state index contributed by atoms with van der Waals surface area (Å²) < 4.78 is 6.14. The Balaban J connectivity index is 1.92. The van der Waals surface area contributed by atoms with Crippen molar-refractivity contribution in [2.24, 2.45) is 0 Å². The van der Waals surface area contributed by atoms with Gasteiger partial charge in [-0.25, -0.2) is 4.98 Å². The van der Waals surface area contributed by atoms with Crippen molar-refractivity contribution in [1.29, 1.82) is 0 Å². The van der Waals surface area contributed by atoms with E-state index in [4.69, 9.17) is 4.42 Å². The van der Waals surface area contributed by atoms with Gasteiger partial charge in [0.1, 0.15) is 17.0 Å². The maximum absolute atomic E-state index is 6.14. The molecular weight excluding hydrogens is 298 g/mol. The molecule has 0 atom stereocenters. The number of aromatic nitrogens is 3. The van der Waals surface area contributed by atoms with E-state index in [9.17, 15) is 0 Å². The van der Waals surface area contributed by atoms with E-state index >= 15 is 0 Å². The monoisotopic (exact) mass is 311 g/mol. The number of fused-ring (bicyclic) bond motifs is 3. The highest BCUT2D eigenvalue weighted by molar-refractivity contribution is 6.10. The molecule has 114 valence electrons. The summed E-state index contributed by atoms with van der Waals surface area (Å²) in [6.07, 6.45) is 5.38. The summed E-state index contributed by atoms with van der Waals surface area (Å²) in [6.45, 7) is 0. The van der Waals surface area contributed by atoms with Crippen molar-refractivity contribution < 1.29 is 4.42 Å². The van der Waals surface area contributed by atoms with Crippen LogP contribution >= 0.6 is 0 Å². The van der Waals surface area contributed by atoms with Crippen molar-refractivity contribution in [3.8, 4) is 22.6 Å². The maximum Gasteiger partial charge on any atom is 0.144 e. The fraction of sp³-hybridized carbons (Fsp3) is 0. The third-order valence-electron chi connectivity index (χ3n) is 4.19. The summed E-state index contributed by atoms with van der Waals surface area (Å²) in [5, 5.41) is 2.17. The Morgan fingerprint density at radius 2 is 1.75 bits per heavy atom. The van der Waals surface area contributed by atoms with Gasteiger partial charge < -0.3 is 9.40 Å². The van der Waals surface area contributed by atoms with E-state index in [1.807, 2.05) is 42.6 Å². The van der Waals surface area contributed by atoms with Gasteiger partial charge in [0.15, 0.2) is 0 Å². The number of hydrogen-bond acceptors (Lipinski definition) is 3. The summed E-state index contributed by atoms with van der Waals surface area (Å²) in [5.74, 6) is 0.833. The first-order chi connectivity index (χ1) is 11.9. The first-order valence-corrected chi connectivity index (χ1v) is 7.76. The molecule has 0 spiro atoms. The zero-order chi connectivity index (χ0) is 15.9. The molecule has 3 heterocycles. The molecule has 3 aromatic heterocycles. The van der Waals surface area contributed by atoms with E-state index < -0.39 is 0 Å². The van der Waals surface area contributed by atoms with E-state index in [0.717, 1.165) is 44.6 Å². The number of imidazole rings is 1. The SMILES string of the molecule is c1ccc(-c2cc(-c3ncc[nH]3)cc3c2oc2ccccc23)nc1. The molecular formula is C20H13N3O. The highest BCUT2D eigenvalue weighted by Gasteiger charge is 2.15. The van der Waals surface area contributed by atoms with Crippen LogP contribution in [0.3, 0.4) is 0 Å². The molecule has 0 aliphatic carbocycles. The standard InChI is InChI=1S/C20H13N3O/c1-2-7-18-14(5-1)15-11-13(20-22-9-10-23-20)12-16(19(15)24-18)17-6-3-4-8-21-17/h1-12H,(H,22,23). The number of nitrogens with zero attached hydrogens (tertiary/aromatic N) is 2. The van der Waals surface area contributed by atoms with Crippen LogP contribution in [0.2, 0.25) is 0 Å². The lowest BCUT2D eigenvalue weighted by molar-refractivity contribution is 0.670. The molecule has 0 radical (unpaired) electrons. The van der Waals surface area contributed by atoms with Crippen molar-refractivity contribution >= 4 is 21.9 Å². The largest absolute Gasteiger partial charge is 0.455 e. The van der Waals surface area contributed by atoms with Crippen molar-refractivity contribution in [2.45, 2.75) is 0 Å². The Labute approximate surface area is 137 Å². The van der Waals surface area contributed by atoms with Crippen LogP contribution in [0, 0.1) is 0 Å². The second-order valence-corrected chi connectivity index (χ2v) is 5.65. The number of hydrogen-bond donors (Lipinski definition) is 1. The molecule has 0 aliphatic rings. The zero-order valence-electron chi connectivity index (χ0n) is 12.7. The van der Waals surface area contributed by atoms with Crippen LogP contribution < -0.4 is 0 Å². The lowest BCUT2D eigenvalue weighted by Crippen LogP contribution is -1.87. The molecule has 1 N–H and O–H groups in total. The van der Waals surface area contributed by atoms with Crippen molar-refractivity contribution in [2.75, 3.05) is 0 Å². The first-order valence-electron chi connectivity index (χ1n) is 7.76. The van der Waals surface area contributed by atoms with E-state index in [0.29, 0.717) is 0 Å². The summed E-state index contributed by atoms with van der Waals surface area (Å²) in [7, 11) is 0. The minimum absolute atomic E-state index is 0.833. The first kappa shape index (κ1) is 13.1. The summed E-state index contributed by atoms with van der Waals surface area (Å²) in [5.41, 5.74) is 4.59. The Morgan fingerprint density at radius 3 is 2.58 bits per heavy atom. The van der Waals surface area contributed by atoms with Gasteiger partial charge >= 0.3 is 0 Å². The third-order valence-corrected chi connectivity index (χ3v) is 4.19. The molecule has 0 unspecified atom stereocenters. The molecule has 0 aliphatic heterocycles. The molecule has 4 nitrogen and oxygen atoms in total. The molecule has 5 aromatic rings. The second-order valence-electron chi connectivity index (χ2n) is 5.65. The number of rotatable bonds is 2. The zero-order valence-corrected chi connectivity index (χ0v) is 12.7. The van der Waals surface area contributed by atoms with Crippen LogP contribution in [0.25, 0.3) is 44.6 Å². The Bertz CT molecular complexity index is 1140. The number of aromatic amines is 1. The summed E-state index contributed by atoms with van der Waals surface area (Å²) in [4.78, 5) is 12.1. The number of pyridine rings is 1. The maximum atomic E-state index is 6.14. The van der Waals surface area contributed by atoms with Gasteiger partial charge in [0.2, 0.25) is 0 Å². The van der Waals surface area contributed by atoms with Gasteiger partial charge in [-0.3, -0.25) is 4.98 Å². The van der Waals surface area contributed by atoms with Crippen molar-refractivity contribution in [1.82, 2.24) is 15.0 Å². The molecule has 4 heteroatoms. The minimum atomic E-state index is 0.833. The minimum Gasteiger partial charge on any atom is -0.455 e. The van der Waals surface area contributed by atoms with Crippen LogP contribution in [-0.4, -0.2) is 15.0 Å². The quantitative estimate of drug-likeness (QED) is 0.497. The van der Waals surface area contributed by atoms with E-state index in [-0.39, 0.29) is 0 Å². The molecule has 24 heavy (non-hydrogen) atoms. The van der Waals surface area contributed by atoms with Gasteiger partial charge in [0, 0.05) is 40.5 Å². The molecule has 0 amide bonds. The number of nitrogens with one attached hydrogen (secondary N) is 1. The van der Waals surface area contributed by atoms with E-state index in [2.05, 4.69) is 33.2 Å². The predicted molar refractivity (Wildman–Crippen MR) is 94.5 cm³/mol. The lowest BCUT2D eigenvalue weighted by Gasteiger charge is -2.05. The Morgan fingerprint density at radius 1 is 0.833 bits per heavy atom. The molecule has 5 rings (SSSR count). The highest BCUT2D eigenvalue weighted by Crippen LogP contribution is 2.38. The van der Waals surface area contributed by atoms with Gasteiger partial charge in [-0.05, 0) is 30.3 Å². The average molecular weight is 311 g/mol. The molecule has 2 aromatic carbocycles. The van der Waals surface area contributed by atoms with Crippen molar-refractivity contribution in [3.63, 3.8) is 0 Å². The highest BCUT2D eigenvalue weighted by atomic mass is 16.3. The van der Waals surface area contributed by atoms with Gasteiger partial charge in [-0.15, -0.1) is 0 Å². The van der Waals surface area contributed by atoms with Crippen molar-refractivity contribution in [3.05, 3.63) is 73.2 Å². The second kappa shape index (κ2) is 5.06. The van der Waals surface area contributed by atoms with E-state index in [1.54, 1.807) is 12.4 Å². The Hall–Kier alpha value is -3.40. The third kappa shape index (κ3) is 1.93. The normalized spacial score (nSPS) is 11.3. The van der Waals surface area contributed by atoms with Crippen LogP contribution in [-0.2, 0) is 0 Å². The number of H-pyrrole nitrogens is 1. The van der Waals surface area contributed by atoms with Crippen LogP contribution in [0.1, 0.15) is 0 Å². The molecule has 0 saturated carbocycles. The fourth-order valence-electron chi connectivity index (χ4n) is 3.10. The molecule has 0 bridgehead atoms. The fourth-order valence-corrected chi connectivity index (χ4v) is 3.10. The summed E-state index contributed by atoms with van der Waals surface area (Å²) in [6, 6.07) is 18.2. The summed E-state index contributed by atoms with van der Waals surface area (Å²) >= 11 is 0. The van der Waals surface area contributed by atoms with Crippen LogP contribution in [0.5, 0.6) is 0 Å². The topological polar surface area (TPSA) is 54.7 Å². The van der Waals surface area contributed by atoms with Gasteiger partial charge in [-0.1, -0.05) is 24.3 Å². The van der Waals surface area contributed by atoms with Crippen LogP contribution in [0.4, 0.5) is 0 Å². The predicted octanol–water partition coefficient (Wildman–Crippen LogP) is 5.04. The van der Waals surface area contributed by atoms with E-state index in [1.165, 1.54) is 0 Å². The van der Waals surface area contributed by atoms with Gasteiger partial charge in [-0.2, -0.15) is 0 Å². The smallest absolute Gasteiger partial charge is 0.144 e. The lowest BCUT2D eigenvalue weighted by atomic mass is 10.0. The van der Waals surface area contributed by atoms with Gasteiger partial charge in [0.25, 0.3) is 0 Å². The van der Waals surface area contributed by atoms with Gasteiger partial charge in [0.05, 0.1) is 5.69 Å². The Kier molecular flexibility index (Phi) is 2.76. The number of furan rings is 1. The average Bonchev–Trinajstić information content (AvgIpc) is 3.29. The number of benzene rings is 2. The number of para-hydroxylation sites is 1.